The van der Waals surface area contributed by atoms with E-state index in [9.17, 15) is 8.78 Å². The molecule has 0 radical (unpaired) electrons. The fraction of sp³-hybridized carbons (Fsp3) is 0.0769. The van der Waals surface area contributed by atoms with Crippen molar-refractivity contribution in [2.75, 3.05) is 0 Å². The highest BCUT2D eigenvalue weighted by Crippen LogP contribution is 2.25. The van der Waals surface area contributed by atoms with Crippen LogP contribution in [0.2, 0.25) is 5.02 Å². The Balaban J connectivity index is 2.05. The van der Waals surface area contributed by atoms with E-state index in [1.165, 1.54) is 17.8 Å². The Bertz CT molecular complexity index is 529. The van der Waals surface area contributed by atoms with Gasteiger partial charge in [0, 0.05) is 15.7 Å². The predicted octanol–water partition coefficient (Wildman–Crippen LogP) is 4.91. The molecule has 2 aromatic rings. The van der Waals surface area contributed by atoms with Gasteiger partial charge in [-0.3, -0.25) is 0 Å². The maximum absolute atomic E-state index is 13.0. The van der Waals surface area contributed by atoms with Crippen molar-refractivity contribution in [3.8, 4) is 0 Å². The monoisotopic (exact) mass is 270 g/mol. The second-order valence-electron chi connectivity index (χ2n) is 3.49. The Labute approximate surface area is 108 Å². The summed E-state index contributed by atoms with van der Waals surface area (Å²) in [5, 5.41) is 0.667. The number of thioether (sulfide) groups is 1. The van der Waals surface area contributed by atoms with Gasteiger partial charge in [-0.2, -0.15) is 0 Å². The summed E-state index contributed by atoms with van der Waals surface area (Å²) in [5.41, 5.74) is 0.744. The lowest BCUT2D eigenvalue weighted by Gasteiger charge is -2.03. The number of hydrogen-bond donors (Lipinski definition) is 0. The van der Waals surface area contributed by atoms with E-state index in [0.717, 1.165) is 16.5 Å². The number of halogens is 3. The fourth-order valence-electron chi connectivity index (χ4n) is 1.35. The van der Waals surface area contributed by atoms with Crippen molar-refractivity contribution in [1.82, 2.24) is 0 Å². The van der Waals surface area contributed by atoms with E-state index in [-0.39, 0.29) is 0 Å². The number of benzene rings is 2. The lowest BCUT2D eigenvalue weighted by molar-refractivity contribution is 0.507. The van der Waals surface area contributed by atoms with Gasteiger partial charge < -0.3 is 0 Å². The van der Waals surface area contributed by atoms with E-state index in [1.807, 2.05) is 18.2 Å². The minimum absolute atomic E-state index is 0.581. The van der Waals surface area contributed by atoms with Gasteiger partial charge >= 0.3 is 0 Å². The van der Waals surface area contributed by atoms with Gasteiger partial charge in [-0.25, -0.2) is 8.78 Å². The normalized spacial score (nSPS) is 10.5. The second-order valence-corrected chi connectivity index (χ2v) is 4.98. The molecule has 0 saturated carbocycles. The Morgan fingerprint density at radius 2 is 1.82 bits per heavy atom. The van der Waals surface area contributed by atoms with Gasteiger partial charge in [-0.1, -0.05) is 23.7 Å². The van der Waals surface area contributed by atoms with Gasteiger partial charge in [0.15, 0.2) is 11.6 Å². The van der Waals surface area contributed by atoms with Crippen LogP contribution in [0.25, 0.3) is 0 Å². The zero-order valence-corrected chi connectivity index (χ0v) is 10.4. The van der Waals surface area contributed by atoms with E-state index in [4.69, 9.17) is 11.6 Å². The van der Waals surface area contributed by atoms with Crippen molar-refractivity contribution in [2.45, 2.75) is 10.6 Å². The van der Waals surface area contributed by atoms with Crippen LogP contribution in [0.5, 0.6) is 0 Å². The van der Waals surface area contributed by atoms with Crippen LogP contribution >= 0.6 is 23.4 Å². The molecule has 0 N–H and O–H groups in total. The molecule has 0 aliphatic carbocycles. The standard InChI is InChI=1S/C13H9ClF2S/c14-10-2-1-3-11(7-10)17-8-9-4-5-12(15)13(16)6-9/h1-7H,8H2. The van der Waals surface area contributed by atoms with Crippen molar-refractivity contribution in [3.63, 3.8) is 0 Å². The highest BCUT2D eigenvalue weighted by molar-refractivity contribution is 7.98. The smallest absolute Gasteiger partial charge is 0.159 e. The molecule has 0 unspecified atom stereocenters. The molecule has 0 aliphatic heterocycles. The summed E-state index contributed by atoms with van der Waals surface area (Å²) in [5.74, 6) is -1.05. The summed E-state index contributed by atoms with van der Waals surface area (Å²) in [6.07, 6.45) is 0. The van der Waals surface area contributed by atoms with Gasteiger partial charge in [0.05, 0.1) is 0 Å². The van der Waals surface area contributed by atoms with E-state index in [0.29, 0.717) is 10.8 Å². The van der Waals surface area contributed by atoms with Gasteiger partial charge in [0.1, 0.15) is 0 Å². The van der Waals surface area contributed by atoms with Crippen LogP contribution in [0, 0.1) is 11.6 Å². The molecule has 2 rings (SSSR count). The summed E-state index contributed by atoms with van der Waals surface area (Å²) in [6.45, 7) is 0. The summed E-state index contributed by atoms with van der Waals surface area (Å²) in [6, 6.07) is 11.4. The second kappa shape index (κ2) is 5.52. The first-order valence-electron chi connectivity index (χ1n) is 4.97. The molecule has 17 heavy (non-hydrogen) atoms. The maximum Gasteiger partial charge on any atom is 0.159 e. The number of hydrogen-bond acceptors (Lipinski definition) is 1. The molecule has 2 aromatic carbocycles. The van der Waals surface area contributed by atoms with Crippen LogP contribution in [0.4, 0.5) is 8.78 Å². The molecule has 0 aliphatic rings. The van der Waals surface area contributed by atoms with Crippen molar-refractivity contribution in [3.05, 3.63) is 64.7 Å². The molecular weight excluding hydrogens is 262 g/mol. The van der Waals surface area contributed by atoms with Crippen molar-refractivity contribution < 1.29 is 8.78 Å². The van der Waals surface area contributed by atoms with Gasteiger partial charge in [0.2, 0.25) is 0 Å². The minimum atomic E-state index is -0.818. The van der Waals surface area contributed by atoms with Crippen molar-refractivity contribution >= 4 is 23.4 Å². The van der Waals surface area contributed by atoms with Gasteiger partial charge in [0.25, 0.3) is 0 Å². The summed E-state index contributed by atoms with van der Waals surface area (Å²) in [4.78, 5) is 1.00. The topological polar surface area (TPSA) is 0 Å². The van der Waals surface area contributed by atoms with E-state index >= 15 is 0 Å². The fourth-order valence-corrected chi connectivity index (χ4v) is 2.51. The lowest BCUT2D eigenvalue weighted by Crippen LogP contribution is -1.87. The largest absolute Gasteiger partial charge is 0.204 e. The minimum Gasteiger partial charge on any atom is -0.204 e. The molecule has 0 bridgehead atoms. The third-order valence-electron chi connectivity index (χ3n) is 2.19. The first kappa shape index (κ1) is 12.4. The molecule has 0 atom stereocenters. The van der Waals surface area contributed by atoms with Crippen LogP contribution < -0.4 is 0 Å². The van der Waals surface area contributed by atoms with Crippen LogP contribution in [-0.2, 0) is 5.75 Å². The molecule has 0 amide bonds. The van der Waals surface area contributed by atoms with E-state index in [1.54, 1.807) is 12.1 Å². The van der Waals surface area contributed by atoms with E-state index in [2.05, 4.69) is 0 Å². The Morgan fingerprint density at radius 3 is 2.53 bits per heavy atom. The SMILES string of the molecule is Fc1ccc(CSc2cccc(Cl)c2)cc1F. The summed E-state index contributed by atoms with van der Waals surface area (Å²) in [7, 11) is 0. The first-order chi connectivity index (χ1) is 8.15. The number of rotatable bonds is 3. The third-order valence-corrected chi connectivity index (χ3v) is 3.49. The Morgan fingerprint density at radius 1 is 1.00 bits per heavy atom. The van der Waals surface area contributed by atoms with Crippen LogP contribution in [0.15, 0.2) is 47.4 Å². The first-order valence-corrected chi connectivity index (χ1v) is 6.34. The third kappa shape index (κ3) is 3.45. The van der Waals surface area contributed by atoms with E-state index < -0.39 is 11.6 Å². The molecular formula is C13H9ClF2S. The van der Waals surface area contributed by atoms with Crippen molar-refractivity contribution in [2.24, 2.45) is 0 Å². The maximum atomic E-state index is 13.0. The van der Waals surface area contributed by atoms with Crippen LogP contribution in [0.1, 0.15) is 5.56 Å². The molecule has 0 heterocycles. The highest BCUT2D eigenvalue weighted by Gasteiger charge is 2.03. The molecule has 0 spiro atoms. The zero-order valence-electron chi connectivity index (χ0n) is 8.79. The zero-order chi connectivity index (χ0) is 12.3. The van der Waals surface area contributed by atoms with Crippen LogP contribution in [0.3, 0.4) is 0 Å². The highest BCUT2D eigenvalue weighted by atomic mass is 35.5. The lowest BCUT2D eigenvalue weighted by atomic mass is 10.2. The molecule has 4 heteroatoms. The Kier molecular flexibility index (Phi) is 4.02. The summed E-state index contributed by atoms with van der Waals surface area (Å²) < 4.78 is 25.7. The summed E-state index contributed by atoms with van der Waals surface area (Å²) >= 11 is 7.38. The average Bonchev–Trinajstić information content (AvgIpc) is 2.31. The average molecular weight is 271 g/mol. The molecule has 88 valence electrons. The molecule has 0 aromatic heterocycles. The van der Waals surface area contributed by atoms with Crippen LogP contribution in [-0.4, -0.2) is 0 Å². The van der Waals surface area contributed by atoms with Gasteiger partial charge in [-0.05, 0) is 35.9 Å². The quantitative estimate of drug-likeness (QED) is 0.714. The van der Waals surface area contributed by atoms with Gasteiger partial charge in [-0.15, -0.1) is 11.8 Å². The Hall–Kier alpha value is -1.06. The predicted molar refractivity (Wildman–Crippen MR) is 67.4 cm³/mol. The molecule has 0 saturated heterocycles. The molecule has 0 fully saturated rings. The molecule has 0 nitrogen and oxygen atoms in total. The van der Waals surface area contributed by atoms with Crippen molar-refractivity contribution in [1.29, 1.82) is 0 Å².